The summed E-state index contributed by atoms with van der Waals surface area (Å²) in [7, 11) is 0. The van der Waals surface area contributed by atoms with E-state index in [9.17, 15) is 9.90 Å². The molecule has 0 aromatic rings. The molecule has 1 aliphatic rings. The number of carbonyl (C=O) groups is 1. The molecule has 5 heteroatoms. The Hall–Kier alpha value is -0.650. The first-order chi connectivity index (χ1) is 8.52. The minimum absolute atomic E-state index is 0.00805. The van der Waals surface area contributed by atoms with Crippen molar-refractivity contribution < 1.29 is 14.6 Å². The Morgan fingerprint density at radius 2 is 2.06 bits per heavy atom. The van der Waals surface area contributed by atoms with Crippen LogP contribution < -0.4 is 10.6 Å². The minimum atomic E-state index is -0.712. The summed E-state index contributed by atoms with van der Waals surface area (Å²) in [5.41, 5.74) is -0.712. The van der Waals surface area contributed by atoms with Crippen LogP contribution in [-0.4, -0.2) is 49.5 Å². The number of rotatable bonds is 7. The van der Waals surface area contributed by atoms with Gasteiger partial charge < -0.3 is 20.5 Å². The van der Waals surface area contributed by atoms with Gasteiger partial charge in [-0.15, -0.1) is 0 Å². The van der Waals surface area contributed by atoms with Gasteiger partial charge in [-0.1, -0.05) is 13.8 Å². The Kier molecular flexibility index (Phi) is 6.60. The SMILES string of the molecule is CC(C)CCNC(=O)CNCC1(O)CCOCC1. The van der Waals surface area contributed by atoms with Gasteiger partial charge in [0.1, 0.15) is 0 Å². The van der Waals surface area contributed by atoms with E-state index in [1.807, 2.05) is 0 Å². The van der Waals surface area contributed by atoms with E-state index >= 15 is 0 Å². The standard InChI is InChI=1S/C13H26N2O3/c1-11(2)3-6-15-12(16)9-14-10-13(17)4-7-18-8-5-13/h11,14,17H,3-10H2,1-2H3,(H,15,16). The van der Waals surface area contributed by atoms with Crippen LogP contribution >= 0.6 is 0 Å². The second-order valence-corrected chi connectivity index (χ2v) is 5.47. The molecule has 0 unspecified atom stereocenters. The molecule has 5 nitrogen and oxygen atoms in total. The second kappa shape index (κ2) is 7.71. The normalized spacial score (nSPS) is 18.9. The van der Waals surface area contributed by atoms with E-state index in [4.69, 9.17) is 4.74 Å². The number of carbonyl (C=O) groups excluding carboxylic acids is 1. The third-order valence-electron chi connectivity index (χ3n) is 3.21. The lowest BCUT2D eigenvalue weighted by molar-refractivity contribution is -0.120. The fourth-order valence-corrected chi connectivity index (χ4v) is 1.90. The molecule has 106 valence electrons. The van der Waals surface area contributed by atoms with Crippen molar-refractivity contribution in [1.82, 2.24) is 10.6 Å². The lowest BCUT2D eigenvalue weighted by atomic mass is 9.94. The van der Waals surface area contributed by atoms with Crippen LogP contribution in [0.4, 0.5) is 0 Å². The average molecular weight is 258 g/mol. The zero-order valence-corrected chi connectivity index (χ0v) is 11.5. The molecule has 0 radical (unpaired) electrons. The van der Waals surface area contributed by atoms with Crippen LogP contribution in [0.3, 0.4) is 0 Å². The molecular weight excluding hydrogens is 232 g/mol. The smallest absolute Gasteiger partial charge is 0.233 e. The second-order valence-electron chi connectivity index (χ2n) is 5.47. The highest BCUT2D eigenvalue weighted by atomic mass is 16.5. The molecule has 0 saturated carbocycles. The fraction of sp³-hybridized carbons (Fsp3) is 0.923. The van der Waals surface area contributed by atoms with E-state index in [2.05, 4.69) is 24.5 Å². The molecule has 0 aromatic heterocycles. The summed E-state index contributed by atoms with van der Waals surface area (Å²) in [6, 6.07) is 0. The molecule has 0 aromatic carbocycles. The molecule has 0 aliphatic carbocycles. The van der Waals surface area contributed by atoms with E-state index < -0.39 is 5.60 Å². The molecule has 1 heterocycles. The summed E-state index contributed by atoms with van der Waals surface area (Å²) in [6.45, 7) is 6.89. The average Bonchev–Trinajstić information content (AvgIpc) is 2.29. The maximum atomic E-state index is 11.5. The summed E-state index contributed by atoms with van der Waals surface area (Å²) in [5, 5.41) is 16.0. The van der Waals surface area contributed by atoms with Crippen molar-refractivity contribution in [1.29, 1.82) is 0 Å². The summed E-state index contributed by atoms with van der Waals surface area (Å²) < 4.78 is 5.20. The van der Waals surface area contributed by atoms with Crippen LogP contribution in [-0.2, 0) is 9.53 Å². The van der Waals surface area contributed by atoms with Crippen LogP contribution in [0.2, 0.25) is 0 Å². The number of ether oxygens (including phenoxy) is 1. The third-order valence-corrected chi connectivity index (χ3v) is 3.21. The van der Waals surface area contributed by atoms with Gasteiger partial charge >= 0.3 is 0 Å². The zero-order valence-electron chi connectivity index (χ0n) is 11.5. The summed E-state index contributed by atoms with van der Waals surface area (Å²) >= 11 is 0. The molecule has 1 aliphatic heterocycles. The Labute approximate surface area is 109 Å². The number of aliphatic hydroxyl groups is 1. The van der Waals surface area contributed by atoms with Gasteiger partial charge in [0.05, 0.1) is 12.1 Å². The van der Waals surface area contributed by atoms with E-state index in [1.165, 1.54) is 0 Å². The van der Waals surface area contributed by atoms with Gasteiger partial charge in [-0.05, 0) is 12.3 Å². The monoisotopic (exact) mass is 258 g/mol. The Bertz CT molecular complexity index is 251. The fourth-order valence-electron chi connectivity index (χ4n) is 1.90. The maximum Gasteiger partial charge on any atom is 0.233 e. The Balaban J connectivity index is 2.07. The number of hydrogen-bond donors (Lipinski definition) is 3. The van der Waals surface area contributed by atoms with Crippen LogP contribution in [0.15, 0.2) is 0 Å². The molecule has 0 spiro atoms. The molecule has 3 N–H and O–H groups in total. The third kappa shape index (κ3) is 6.33. The highest BCUT2D eigenvalue weighted by Crippen LogP contribution is 2.18. The van der Waals surface area contributed by atoms with Crippen molar-refractivity contribution in [3.63, 3.8) is 0 Å². The van der Waals surface area contributed by atoms with Crippen LogP contribution in [0.5, 0.6) is 0 Å². The number of hydrogen-bond acceptors (Lipinski definition) is 4. The highest BCUT2D eigenvalue weighted by Gasteiger charge is 2.29. The zero-order chi connectivity index (χ0) is 13.4. The van der Waals surface area contributed by atoms with Crippen molar-refractivity contribution in [2.24, 2.45) is 5.92 Å². The molecule has 1 fully saturated rings. The van der Waals surface area contributed by atoms with E-state index in [0.29, 0.717) is 38.5 Å². The number of nitrogens with one attached hydrogen (secondary N) is 2. The van der Waals surface area contributed by atoms with Crippen molar-refractivity contribution in [3.8, 4) is 0 Å². The lowest BCUT2D eigenvalue weighted by Gasteiger charge is -2.32. The molecule has 0 atom stereocenters. The topological polar surface area (TPSA) is 70.6 Å². The van der Waals surface area contributed by atoms with Crippen molar-refractivity contribution in [2.45, 2.75) is 38.7 Å². The van der Waals surface area contributed by atoms with Gasteiger partial charge in [-0.25, -0.2) is 0 Å². The molecular formula is C13H26N2O3. The first-order valence-electron chi connectivity index (χ1n) is 6.79. The predicted octanol–water partition coefficient (Wildman–Crippen LogP) is 0.280. The first kappa shape index (κ1) is 15.4. The van der Waals surface area contributed by atoms with Gasteiger partial charge in [0, 0.05) is 39.1 Å². The maximum absolute atomic E-state index is 11.5. The van der Waals surface area contributed by atoms with Crippen molar-refractivity contribution in [2.75, 3.05) is 32.8 Å². The Morgan fingerprint density at radius 3 is 2.67 bits per heavy atom. The quantitative estimate of drug-likeness (QED) is 0.613. The molecule has 1 rings (SSSR count). The number of amides is 1. The lowest BCUT2D eigenvalue weighted by Crippen LogP contribution is -2.47. The van der Waals surface area contributed by atoms with Gasteiger partial charge in [-0.3, -0.25) is 4.79 Å². The van der Waals surface area contributed by atoms with Crippen LogP contribution in [0.1, 0.15) is 33.1 Å². The van der Waals surface area contributed by atoms with Crippen LogP contribution in [0.25, 0.3) is 0 Å². The van der Waals surface area contributed by atoms with E-state index in [1.54, 1.807) is 0 Å². The minimum Gasteiger partial charge on any atom is -0.388 e. The molecule has 1 amide bonds. The van der Waals surface area contributed by atoms with E-state index in [-0.39, 0.29) is 12.5 Å². The van der Waals surface area contributed by atoms with Gasteiger partial charge in [-0.2, -0.15) is 0 Å². The van der Waals surface area contributed by atoms with Crippen LogP contribution in [0, 0.1) is 5.92 Å². The summed E-state index contributed by atoms with van der Waals surface area (Å²) in [6.07, 6.45) is 2.26. The van der Waals surface area contributed by atoms with Gasteiger partial charge in [0.2, 0.25) is 5.91 Å². The largest absolute Gasteiger partial charge is 0.388 e. The van der Waals surface area contributed by atoms with Crippen molar-refractivity contribution >= 4 is 5.91 Å². The van der Waals surface area contributed by atoms with Gasteiger partial charge in [0.15, 0.2) is 0 Å². The summed E-state index contributed by atoms with van der Waals surface area (Å²) in [5.74, 6) is 0.590. The van der Waals surface area contributed by atoms with Crippen molar-refractivity contribution in [3.05, 3.63) is 0 Å². The molecule has 18 heavy (non-hydrogen) atoms. The van der Waals surface area contributed by atoms with Gasteiger partial charge in [0.25, 0.3) is 0 Å². The highest BCUT2D eigenvalue weighted by molar-refractivity contribution is 5.77. The molecule has 1 saturated heterocycles. The predicted molar refractivity (Wildman–Crippen MR) is 70.3 cm³/mol. The summed E-state index contributed by atoms with van der Waals surface area (Å²) in [4.78, 5) is 11.5. The molecule has 0 bridgehead atoms. The first-order valence-corrected chi connectivity index (χ1v) is 6.79. The van der Waals surface area contributed by atoms with E-state index in [0.717, 1.165) is 13.0 Å². The Morgan fingerprint density at radius 1 is 1.39 bits per heavy atom.